The highest BCUT2D eigenvalue weighted by molar-refractivity contribution is 7.10. The minimum absolute atomic E-state index is 0.238. The summed E-state index contributed by atoms with van der Waals surface area (Å²) in [5.41, 5.74) is 2.25. The number of hydrogen-bond acceptors (Lipinski definition) is 5. The predicted molar refractivity (Wildman–Crippen MR) is 100 cm³/mol. The topological polar surface area (TPSA) is 41.9 Å². The first-order chi connectivity index (χ1) is 12.7. The largest absolute Gasteiger partial charge is 0.454 e. The van der Waals surface area contributed by atoms with Crippen LogP contribution in [0.15, 0.2) is 60.0 Å². The van der Waals surface area contributed by atoms with Crippen LogP contribution in [0.3, 0.4) is 0 Å². The van der Waals surface area contributed by atoms with Crippen molar-refractivity contribution >= 4 is 11.3 Å². The highest BCUT2D eigenvalue weighted by atomic mass is 32.1. The molecule has 0 radical (unpaired) electrons. The number of rotatable bonds is 3. The van der Waals surface area contributed by atoms with Crippen LogP contribution >= 0.6 is 11.3 Å². The highest BCUT2D eigenvalue weighted by Gasteiger charge is 2.41. The second-order valence-corrected chi connectivity index (χ2v) is 7.75. The van der Waals surface area contributed by atoms with Crippen LogP contribution in [0.25, 0.3) is 0 Å². The van der Waals surface area contributed by atoms with Crippen LogP contribution in [0, 0.1) is 0 Å². The van der Waals surface area contributed by atoms with E-state index in [1.807, 2.05) is 24.3 Å². The lowest BCUT2D eigenvalue weighted by atomic mass is 9.86. The number of benzene rings is 2. The molecule has 0 unspecified atom stereocenters. The third-order valence-electron chi connectivity index (χ3n) is 5.07. The first kappa shape index (κ1) is 15.9. The molecule has 0 bridgehead atoms. The summed E-state index contributed by atoms with van der Waals surface area (Å²) in [6, 6.07) is 18.3. The second-order valence-electron chi connectivity index (χ2n) is 6.83. The summed E-state index contributed by atoms with van der Waals surface area (Å²) >= 11 is 1.62. The van der Waals surface area contributed by atoms with Gasteiger partial charge in [-0.15, -0.1) is 11.3 Å². The average molecular weight is 365 g/mol. The van der Waals surface area contributed by atoms with Gasteiger partial charge < -0.3 is 14.6 Å². The van der Waals surface area contributed by atoms with Gasteiger partial charge in [-0.2, -0.15) is 0 Å². The molecule has 0 saturated carbocycles. The molecule has 132 valence electrons. The van der Waals surface area contributed by atoms with E-state index in [2.05, 4.69) is 40.6 Å². The smallest absolute Gasteiger partial charge is 0.231 e. The Balaban J connectivity index is 1.52. The summed E-state index contributed by atoms with van der Waals surface area (Å²) < 4.78 is 10.9. The van der Waals surface area contributed by atoms with Gasteiger partial charge in [-0.05, 0) is 40.3 Å². The van der Waals surface area contributed by atoms with Gasteiger partial charge >= 0.3 is 0 Å². The van der Waals surface area contributed by atoms with Crippen LogP contribution in [0.1, 0.15) is 21.6 Å². The Morgan fingerprint density at radius 3 is 2.77 bits per heavy atom. The molecule has 3 aromatic rings. The summed E-state index contributed by atoms with van der Waals surface area (Å²) in [5, 5.41) is 13.8. The summed E-state index contributed by atoms with van der Waals surface area (Å²) in [7, 11) is 0. The van der Waals surface area contributed by atoms with E-state index in [1.165, 1.54) is 11.1 Å². The maximum atomic E-state index is 11.7. The maximum absolute atomic E-state index is 11.7. The number of ether oxygens (including phenoxy) is 2. The van der Waals surface area contributed by atoms with Crippen molar-refractivity contribution in [2.75, 3.05) is 13.3 Å². The molecule has 2 aliphatic heterocycles. The zero-order valence-electron chi connectivity index (χ0n) is 14.2. The Bertz CT molecular complexity index is 939. The second kappa shape index (κ2) is 6.13. The first-order valence-electron chi connectivity index (χ1n) is 8.68. The van der Waals surface area contributed by atoms with E-state index in [9.17, 15) is 5.11 Å². The van der Waals surface area contributed by atoms with Gasteiger partial charge in [0.05, 0.1) is 0 Å². The number of hydrogen-bond donors (Lipinski definition) is 1. The van der Waals surface area contributed by atoms with E-state index in [0.29, 0.717) is 12.3 Å². The van der Waals surface area contributed by atoms with Crippen molar-refractivity contribution in [3.8, 4) is 11.5 Å². The Hall–Kier alpha value is -2.34. The van der Waals surface area contributed by atoms with Gasteiger partial charge in [0.25, 0.3) is 0 Å². The lowest BCUT2D eigenvalue weighted by Crippen LogP contribution is -2.45. The molecule has 26 heavy (non-hydrogen) atoms. The zero-order valence-corrected chi connectivity index (χ0v) is 15.0. The quantitative estimate of drug-likeness (QED) is 0.768. The van der Waals surface area contributed by atoms with Gasteiger partial charge in [0.2, 0.25) is 6.79 Å². The van der Waals surface area contributed by atoms with E-state index in [-0.39, 0.29) is 6.79 Å². The third-order valence-corrected chi connectivity index (χ3v) is 6.18. The molecule has 5 heteroatoms. The van der Waals surface area contributed by atoms with E-state index in [1.54, 1.807) is 11.3 Å². The molecule has 0 saturated heterocycles. The normalized spacial score (nSPS) is 21.6. The van der Waals surface area contributed by atoms with Gasteiger partial charge in [-0.3, -0.25) is 4.90 Å². The van der Waals surface area contributed by atoms with Crippen LogP contribution < -0.4 is 9.47 Å². The maximum Gasteiger partial charge on any atom is 0.231 e. The molecular weight excluding hydrogens is 346 g/mol. The highest BCUT2D eigenvalue weighted by Crippen LogP contribution is 2.44. The van der Waals surface area contributed by atoms with Crippen LogP contribution in [-0.4, -0.2) is 23.3 Å². The number of nitrogens with zero attached hydrogens (tertiary/aromatic N) is 1. The Kier molecular flexibility index (Phi) is 3.74. The Morgan fingerprint density at radius 1 is 1.04 bits per heavy atom. The van der Waals surface area contributed by atoms with Crippen LogP contribution in [-0.2, 0) is 18.7 Å². The molecule has 1 N–H and O–H groups in total. The fourth-order valence-electron chi connectivity index (χ4n) is 3.84. The van der Waals surface area contributed by atoms with Gasteiger partial charge in [-0.25, -0.2) is 0 Å². The molecule has 1 atom stereocenters. The summed E-state index contributed by atoms with van der Waals surface area (Å²) in [5.74, 6) is 1.44. The van der Waals surface area contributed by atoms with Crippen molar-refractivity contribution in [1.82, 2.24) is 4.90 Å². The standard InChI is InChI=1S/C21H19NO3S/c23-21(17-6-7-18-19(10-17)25-14-24-18)13-22(11-15-4-2-1-3-5-15)12-16-8-9-26-20(16)21/h1-10,23H,11-14H2/t21-/m1/s1. The molecule has 0 aliphatic carbocycles. The van der Waals surface area contributed by atoms with E-state index in [0.717, 1.165) is 29.3 Å². The lowest BCUT2D eigenvalue weighted by molar-refractivity contribution is 0.0189. The van der Waals surface area contributed by atoms with Crippen molar-refractivity contribution in [2.45, 2.75) is 18.7 Å². The van der Waals surface area contributed by atoms with Gasteiger partial charge in [0.1, 0.15) is 5.60 Å². The SMILES string of the molecule is O[C@@]1(c2ccc3c(c2)OCO3)CN(Cc2ccccc2)Cc2ccsc21. The van der Waals surface area contributed by atoms with Crippen LogP contribution in [0.2, 0.25) is 0 Å². The number of β-amino-alcohol motifs (C(OH)–C–C–N with tert-alkyl or cyclic N) is 1. The molecule has 2 aliphatic rings. The Morgan fingerprint density at radius 2 is 1.88 bits per heavy atom. The predicted octanol–water partition coefficient (Wildman–Crippen LogP) is 3.73. The van der Waals surface area contributed by atoms with Gasteiger partial charge in [-0.1, -0.05) is 36.4 Å². The number of aliphatic hydroxyl groups is 1. The molecule has 0 spiro atoms. The monoisotopic (exact) mass is 365 g/mol. The minimum Gasteiger partial charge on any atom is -0.454 e. The molecule has 0 fully saturated rings. The van der Waals surface area contributed by atoms with Crippen LogP contribution in [0.4, 0.5) is 0 Å². The number of thiophene rings is 1. The average Bonchev–Trinajstić information content (AvgIpc) is 3.31. The minimum atomic E-state index is -1.04. The molecule has 0 amide bonds. The summed E-state index contributed by atoms with van der Waals surface area (Å²) in [6.07, 6.45) is 0. The first-order valence-corrected chi connectivity index (χ1v) is 9.56. The molecule has 4 nitrogen and oxygen atoms in total. The van der Waals surface area contributed by atoms with Crippen molar-refractivity contribution in [3.05, 3.63) is 81.5 Å². The van der Waals surface area contributed by atoms with E-state index < -0.39 is 5.60 Å². The third kappa shape index (κ3) is 2.60. The van der Waals surface area contributed by atoms with Gasteiger partial charge in [0.15, 0.2) is 11.5 Å². The van der Waals surface area contributed by atoms with Crippen molar-refractivity contribution in [2.24, 2.45) is 0 Å². The Labute approximate surface area is 156 Å². The van der Waals surface area contributed by atoms with Crippen molar-refractivity contribution < 1.29 is 14.6 Å². The van der Waals surface area contributed by atoms with Gasteiger partial charge in [0, 0.05) is 24.5 Å². The van der Waals surface area contributed by atoms with E-state index in [4.69, 9.17) is 9.47 Å². The zero-order chi connectivity index (χ0) is 17.6. The fraction of sp³-hybridized carbons (Fsp3) is 0.238. The summed E-state index contributed by atoms with van der Waals surface area (Å²) in [4.78, 5) is 3.33. The summed E-state index contributed by atoms with van der Waals surface area (Å²) in [6.45, 7) is 2.44. The fourth-order valence-corrected chi connectivity index (χ4v) is 4.87. The molecule has 2 aromatic carbocycles. The van der Waals surface area contributed by atoms with Crippen molar-refractivity contribution in [3.63, 3.8) is 0 Å². The van der Waals surface area contributed by atoms with E-state index >= 15 is 0 Å². The lowest BCUT2D eigenvalue weighted by Gasteiger charge is -2.39. The molecular formula is C21H19NO3S. The molecule has 3 heterocycles. The molecule has 5 rings (SSSR count). The van der Waals surface area contributed by atoms with Crippen molar-refractivity contribution in [1.29, 1.82) is 0 Å². The number of fused-ring (bicyclic) bond motifs is 2. The molecule has 1 aromatic heterocycles. The van der Waals surface area contributed by atoms with Crippen LogP contribution in [0.5, 0.6) is 11.5 Å².